The first-order chi connectivity index (χ1) is 17.5. The summed E-state index contributed by atoms with van der Waals surface area (Å²) in [7, 11) is -4.20. The van der Waals surface area contributed by atoms with Gasteiger partial charge in [0.15, 0.2) is 0 Å². The van der Waals surface area contributed by atoms with E-state index in [2.05, 4.69) is 20.5 Å². The fraction of sp³-hybridized carbons (Fsp3) is 0.522. The molecule has 0 spiro atoms. The number of anilines is 2. The number of carbonyl (C=O) groups is 2. The van der Waals surface area contributed by atoms with Crippen LogP contribution < -0.4 is 19.7 Å². The Labute approximate surface area is 218 Å². The first kappa shape index (κ1) is 29.1. The average Bonchev–Trinajstić information content (AvgIpc) is 3.17. The van der Waals surface area contributed by atoms with Gasteiger partial charge < -0.3 is 14.8 Å². The van der Waals surface area contributed by atoms with Crippen LogP contribution in [0, 0.1) is 6.92 Å². The maximum Gasteiger partial charge on any atom is 0.427 e. The molecule has 2 amide bonds. The number of nitrogens with one attached hydrogen (secondary N) is 2. The Morgan fingerprint density at radius 1 is 1.26 bits per heavy atom. The second kappa shape index (κ2) is 10.7. The van der Waals surface area contributed by atoms with Crippen LogP contribution in [0.5, 0.6) is 5.75 Å². The highest BCUT2D eigenvalue weighted by Gasteiger charge is 2.51. The zero-order valence-corrected chi connectivity index (χ0v) is 22.4. The van der Waals surface area contributed by atoms with Gasteiger partial charge in [-0.3, -0.25) is 19.1 Å². The second-order valence-corrected chi connectivity index (χ2v) is 11.1. The van der Waals surface area contributed by atoms with Crippen LogP contribution in [0.2, 0.25) is 0 Å². The Kier molecular flexibility index (Phi) is 8.19. The number of hydrogen-bond acceptors (Lipinski definition) is 7. The number of benzene rings is 1. The number of halogens is 3. The van der Waals surface area contributed by atoms with Crippen molar-refractivity contribution in [2.45, 2.75) is 70.4 Å². The maximum absolute atomic E-state index is 13.8. The van der Waals surface area contributed by atoms with Crippen LogP contribution in [0.25, 0.3) is 0 Å². The van der Waals surface area contributed by atoms with Gasteiger partial charge in [0.1, 0.15) is 16.7 Å². The summed E-state index contributed by atoms with van der Waals surface area (Å²) < 4.78 is 79.9. The van der Waals surface area contributed by atoms with Gasteiger partial charge in [0.2, 0.25) is 11.5 Å². The van der Waals surface area contributed by atoms with E-state index in [1.165, 1.54) is 36.0 Å². The molecule has 15 heteroatoms. The summed E-state index contributed by atoms with van der Waals surface area (Å²) in [4.78, 5) is 23.6. The van der Waals surface area contributed by atoms with Crippen molar-refractivity contribution in [1.82, 2.24) is 15.1 Å². The lowest BCUT2D eigenvalue weighted by Gasteiger charge is -2.35. The highest BCUT2D eigenvalue weighted by molar-refractivity contribution is 7.92. The molecule has 1 aromatic heterocycles. The standard InChI is InChI=1S/C23H30F3N5O6S/c1-6-9-30-13-20(14(2)29-30)38(34,35)31-12-17(11-27-15(3)32)36-19-8-7-16(10-18(19)31)28-21(33)37-22(4,5)23(24,25)26/h7-8,10,13,17H,6,9,11-12H2,1-5H3,(H,27,32)(H,28,33). The Morgan fingerprint density at radius 2 is 1.95 bits per heavy atom. The Bertz CT molecular complexity index is 1310. The van der Waals surface area contributed by atoms with Gasteiger partial charge in [0.25, 0.3) is 10.0 Å². The number of aryl methyl sites for hydroxylation is 2. The van der Waals surface area contributed by atoms with Gasteiger partial charge in [-0.05, 0) is 45.4 Å². The van der Waals surface area contributed by atoms with Crippen LogP contribution in [-0.4, -0.2) is 61.2 Å². The lowest BCUT2D eigenvalue weighted by Crippen LogP contribution is -2.48. The molecule has 210 valence electrons. The van der Waals surface area contributed by atoms with E-state index in [9.17, 15) is 31.2 Å². The summed E-state index contributed by atoms with van der Waals surface area (Å²) in [5.41, 5.74) is -2.46. The molecule has 2 heterocycles. The highest BCUT2D eigenvalue weighted by atomic mass is 32.2. The zero-order chi connectivity index (χ0) is 28.5. The summed E-state index contributed by atoms with van der Waals surface area (Å²) in [6.07, 6.45) is -4.77. The van der Waals surface area contributed by atoms with Gasteiger partial charge in [-0.25, -0.2) is 13.2 Å². The van der Waals surface area contributed by atoms with Crippen LogP contribution in [0.3, 0.4) is 0 Å². The van der Waals surface area contributed by atoms with E-state index in [0.29, 0.717) is 20.4 Å². The third-order valence-corrected chi connectivity index (χ3v) is 7.55. The number of rotatable bonds is 8. The molecular weight excluding hydrogens is 531 g/mol. The molecule has 0 saturated heterocycles. The number of sulfonamides is 1. The first-order valence-corrected chi connectivity index (χ1v) is 13.2. The SMILES string of the molecule is CCCn1cc(S(=O)(=O)N2CC(CNC(C)=O)Oc3ccc(NC(=O)OC(C)(C)C(F)(F)F)cc32)c(C)n1. The predicted octanol–water partition coefficient (Wildman–Crippen LogP) is 3.58. The lowest BCUT2D eigenvalue weighted by molar-refractivity contribution is -0.242. The van der Waals surface area contributed by atoms with Crippen molar-refractivity contribution < 1.29 is 40.7 Å². The van der Waals surface area contributed by atoms with E-state index in [4.69, 9.17) is 4.74 Å². The fourth-order valence-electron chi connectivity index (χ4n) is 3.63. The topological polar surface area (TPSA) is 132 Å². The smallest absolute Gasteiger partial charge is 0.427 e. The molecule has 1 aromatic carbocycles. The number of amides is 2. The monoisotopic (exact) mass is 561 g/mol. The minimum atomic E-state index is -4.80. The third-order valence-electron chi connectivity index (χ3n) is 5.67. The molecule has 0 fully saturated rings. The molecule has 1 aliphatic rings. The van der Waals surface area contributed by atoms with E-state index < -0.39 is 34.0 Å². The van der Waals surface area contributed by atoms with Crippen molar-refractivity contribution in [1.29, 1.82) is 0 Å². The quantitative estimate of drug-likeness (QED) is 0.504. The lowest BCUT2D eigenvalue weighted by atomic mass is 10.1. The van der Waals surface area contributed by atoms with Gasteiger partial charge in [0, 0.05) is 25.4 Å². The summed E-state index contributed by atoms with van der Waals surface area (Å²) >= 11 is 0. The summed E-state index contributed by atoms with van der Waals surface area (Å²) in [5.74, 6) is -0.200. The van der Waals surface area contributed by atoms with Crippen molar-refractivity contribution in [2.24, 2.45) is 0 Å². The van der Waals surface area contributed by atoms with Crippen molar-refractivity contribution in [3.63, 3.8) is 0 Å². The van der Waals surface area contributed by atoms with Gasteiger partial charge in [-0.2, -0.15) is 18.3 Å². The zero-order valence-electron chi connectivity index (χ0n) is 21.5. The molecule has 1 atom stereocenters. The van der Waals surface area contributed by atoms with Crippen molar-refractivity contribution >= 4 is 33.4 Å². The number of aromatic nitrogens is 2. The first-order valence-electron chi connectivity index (χ1n) is 11.7. The van der Waals surface area contributed by atoms with E-state index >= 15 is 0 Å². The summed E-state index contributed by atoms with van der Waals surface area (Å²) in [6, 6.07) is 3.96. The van der Waals surface area contributed by atoms with Crippen LogP contribution in [0.4, 0.5) is 29.3 Å². The minimum Gasteiger partial charge on any atom is -0.484 e. The molecular formula is C23H30F3N5O6S. The molecule has 38 heavy (non-hydrogen) atoms. The molecule has 0 bridgehead atoms. The number of carbonyl (C=O) groups excluding carboxylic acids is 2. The van der Waals surface area contributed by atoms with Crippen molar-refractivity contribution in [3.05, 3.63) is 30.1 Å². The normalized spacial score (nSPS) is 15.9. The van der Waals surface area contributed by atoms with E-state index in [-0.39, 0.29) is 46.7 Å². The third kappa shape index (κ3) is 6.31. The van der Waals surface area contributed by atoms with Crippen molar-refractivity contribution in [2.75, 3.05) is 22.7 Å². The summed E-state index contributed by atoms with van der Waals surface area (Å²) in [6.45, 7) is 6.54. The van der Waals surface area contributed by atoms with Gasteiger partial charge >= 0.3 is 12.3 Å². The maximum atomic E-state index is 13.8. The Hall–Kier alpha value is -3.49. The fourth-order valence-corrected chi connectivity index (χ4v) is 5.30. The molecule has 0 saturated carbocycles. The molecule has 1 unspecified atom stereocenters. The molecule has 1 aliphatic heterocycles. The molecule has 3 rings (SSSR count). The van der Waals surface area contributed by atoms with E-state index in [0.717, 1.165) is 10.7 Å². The molecule has 0 aliphatic carbocycles. The van der Waals surface area contributed by atoms with E-state index in [1.54, 1.807) is 6.92 Å². The molecule has 2 N–H and O–H groups in total. The molecule has 2 aromatic rings. The largest absolute Gasteiger partial charge is 0.484 e. The number of ether oxygens (including phenoxy) is 2. The molecule has 11 nitrogen and oxygen atoms in total. The Balaban J connectivity index is 1.98. The van der Waals surface area contributed by atoms with Gasteiger partial charge in [-0.1, -0.05) is 6.92 Å². The Morgan fingerprint density at radius 3 is 2.55 bits per heavy atom. The van der Waals surface area contributed by atoms with Gasteiger partial charge in [-0.15, -0.1) is 0 Å². The van der Waals surface area contributed by atoms with Crippen molar-refractivity contribution in [3.8, 4) is 5.75 Å². The van der Waals surface area contributed by atoms with Crippen LogP contribution in [-0.2, 0) is 26.1 Å². The van der Waals surface area contributed by atoms with Crippen LogP contribution >= 0.6 is 0 Å². The number of hydrogen-bond donors (Lipinski definition) is 2. The second-order valence-electron chi connectivity index (χ2n) is 9.26. The average molecular weight is 562 g/mol. The number of alkyl halides is 3. The van der Waals surface area contributed by atoms with Crippen LogP contribution in [0.15, 0.2) is 29.3 Å². The highest BCUT2D eigenvalue weighted by Crippen LogP contribution is 2.40. The minimum absolute atomic E-state index is 0.0192. The van der Waals surface area contributed by atoms with Crippen LogP contribution in [0.1, 0.15) is 39.8 Å². The molecule has 0 radical (unpaired) electrons. The summed E-state index contributed by atoms with van der Waals surface area (Å²) in [5, 5.41) is 9.06. The number of fused-ring (bicyclic) bond motifs is 1. The van der Waals surface area contributed by atoms with E-state index in [1.807, 2.05) is 6.92 Å². The number of nitrogens with zero attached hydrogens (tertiary/aromatic N) is 3. The predicted molar refractivity (Wildman–Crippen MR) is 132 cm³/mol. The van der Waals surface area contributed by atoms with Gasteiger partial charge in [0.05, 0.1) is 24.5 Å².